The van der Waals surface area contributed by atoms with Crippen molar-refractivity contribution in [3.8, 4) is 0 Å². The van der Waals surface area contributed by atoms with Gasteiger partial charge in [0.15, 0.2) is 0 Å². The first-order valence-electron chi connectivity index (χ1n) is 6.41. The Labute approximate surface area is 133 Å². The minimum absolute atomic E-state index is 0.122. The molecule has 1 aromatic carbocycles. The lowest BCUT2D eigenvalue weighted by atomic mass is 10.1. The zero-order valence-corrected chi connectivity index (χ0v) is 13.6. The summed E-state index contributed by atoms with van der Waals surface area (Å²) < 4.78 is 0. The van der Waals surface area contributed by atoms with Crippen molar-refractivity contribution < 1.29 is 14.7 Å². The molecule has 1 aromatic rings. The van der Waals surface area contributed by atoms with Crippen LogP contribution in [0.1, 0.15) is 25.5 Å². The van der Waals surface area contributed by atoms with Crippen molar-refractivity contribution in [1.29, 1.82) is 0 Å². The van der Waals surface area contributed by atoms with Crippen molar-refractivity contribution in [2.75, 3.05) is 13.6 Å². The summed E-state index contributed by atoms with van der Waals surface area (Å²) in [6.45, 7) is 3.45. The maximum Gasteiger partial charge on any atom is 0.317 e. The molecule has 0 saturated heterocycles. The van der Waals surface area contributed by atoms with E-state index in [2.05, 4.69) is 5.32 Å². The van der Waals surface area contributed by atoms with E-state index in [9.17, 15) is 9.59 Å². The Bertz CT molecular complexity index is 537. The number of benzene rings is 1. The summed E-state index contributed by atoms with van der Waals surface area (Å²) in [5, 5.41) is 12.6. The average molecular weight is 333 g/mol. The van der Waals surface area contributed by atoms with Crippen LogP contribution in [0.25, 0.3) is 0 Å². The number of carbonyl (C=O) groups is 2. The fourth-order valence-corrected chi connectivity index (χ4v) is 2.25. The first-order valence-corrected chi connectivity index (χ1v) is 7.17. The lowest BCUT2D eigenvalue weighted by Gasteiger charge is -2.23. The van der Waals surface area contributed by atoms with E-state index >= 15 is 0 Å². The van der Waals surface area contributed by atoms with Crippen molar-refractivity contribution in [2.45, 2.75) is 19.9 Å². The van der Waals surface area contributed by atoms with Crippen LogP contribution in [0, 0.1) is 5.92 Å². The normalized spacial score (nSPS) is 13.4. The smallest absolute Gasteiger partial charge is 0.317 e. The van der Waals surface area contributed by atoms with Crippen LogP contribution in [-0.4, -0.2) is 35.6 Å². The molecule has 1 rings (SSSR count). The monoisotopic (exact) mass is 332 g/mol. The van der Waals surface area contributed by atoms with Gasteiger partial charge in [-0.3, -0.25) is 4.79 Å². The molecule has 0 fully saturated rings. The van der Waals surface area contributed by atoms with Gasteiger partial charge in [-0.1, -0.05) is 30.1 Å². The molecule has 2 unspecified atom stereocenters. The third kappa shape index (κ3) is 5.10. The maximum absolute atomic E-state index is 12.0. The zero-order chi connectivity index (χ0) is 16.2. The van der Waals surface area contributed by atoms with Gasteiger partial charge < -0.3 is 15.3 Å². The van der Waals surface area contributed by atoms with Gasteiger partial charge >= 0.3 is 12.0 Å². The molecule has 0 aliphatic carbocycles. The van der Waals surface area contributed by atoms with Crippen LogP contribution < -0.4 is 5.32 Å². The zero-order valence-electron chi connectivity index (χ0n) is 12.1. The molecule has 2 atom stereocenters. The molecule has 2 N–H and O–H groups in total. The second-order valence-corrected chi connectivity index (χ2v) is 5.80. The molecule has 7 heteroatoms. The third-order valence-corrected chi connectivity index (χ3v) is 3.66. The quantitative estimate of drug-likeness (QED) is 0.867. The Morgan fingerprint density at radius 2 is 1.95 bits per heavy atom. The number of hydrogen-bond acceptors (Lipinski definition) is 2. The van der Waals surface area contributed by atoms with Crippen molar-refractivity contribution in [1.82, 2.24) is 10.2 Å². The average Bonchev–Trinajstić information content (AvgIpc) is 2.40. The predicted octanol–water partition coefficient (Wildman–Crippen LogP) is 3.42. The topological polar surface area (TPSA) is 69.6 Å². The van der Waals surface area contributed by atoms with E-state index in [1.165, 1.54) is 4.90 Å². The first kappa shape index (κ1) is 17.6. The number of nitrogens with zero attached hydrogens (tertiary/aromatic N) is 1. The molecule has 116 valence electrons. The number of nitrogens with one attached hydrogen (secondary N) is 1. The fourth-order valence-electron chi connectivity index (χ4n) is 1.79. The summed E-state index contributed by atoms with van der Waals surface area (Å²) >= 11 is 12.0. The molecule has 0 aliphatic heterocycles. The molecule has 0 heterocycles. The van der Waals surface area contributed by atoms with Gasteiger partial charge in [-0.2, -0.15) is 0 Å². The van der Waals surface area contributed by atoms with Crippen LogP contribution in [0.5, 0.6) is 0 Å². The number of aliphatic carboxylic acids is 1. The molecule has 0 saturated carbocycles. The van der Waals surface area contributed by atoms with Crippen molar-refractivity contribution >= 4 is 35.2 Å². The second-order valence-electron chi connectivity index (χ2n) is 4.96. The summed E-state index contributed by atoms with van der Waals surface area (Å²) in [4.78, 5) is 24.1. The summed E-state index contributed by atoms with van der Waals surface area (Å²) in [5.41, 5.74) is 0.706. The largest absolute Gasteiger partial charge is 0.481 e. The van der Waals surface area contributed by atoms with Crippen LogP contribution in [0.15, 0.2) is 18.2 Å². The highest BCUT2D eigenvalue weighted by Crippen LogP contribution is 2.26. The van der Waals surface area contributed by atoms with Gasteiger partial charge in [-0.05, 0) is 30.7 Å². The van der Waals surface area contributed by atoms with Crippen LogP contribution in [0.4, 0.5) is 4.79 Å². The second kappa shape index (κ2) is 7.52. The Balaban J connectivity index is 2.69. The predicted molar refractivity (Wildman–Crippen MR) is 82.8 cm³/mol. The highest BCUT2D eigenvalue weighted by molar-refractivity contribution is 6.33. The van der Waals surface area contributed by atoms with Crippen LogP contribution in [-0.2, 0) is 4.79 Å². The lowest BCUT2D eigenvalue weighted by Crippen LogP contribution is -2.41. The summed E-state index contributed by atoms with van der Waals surface area (Å²) in [6, 6.07) is 4.31. The first-order chi connectivity index (χ1) is 9.72. The maximum atomic E-state index is 12.0. The summed E-state index contributed by atoms with van der Waals surface area (Å²) in [6.07, 6.45) is 0. The van der Waals surface area contributed by atoms with E-state index in [4.69, 9.17) is 28.3 Å². The van der Waals surface area contributed by atoms with Gasteiger partial charge in [0.25, 0.3) is 0 Å². The van der Waals surface area contributed by atoms with Crippen molar-refractivity contribution in [3.63, 3.8) is 0 Å². The Kier molecular flexibility index (Phi) is 6.30. The highest BCUT2D eigenvalue weighted by Gasteiger charge is 2.19. The van der Waals surface area contributed by atoms with Crippen LogP contribution in [0.3, 0.4) is 0 Å². The standard InChI is InChI=1S/C14H18Cl2N2O3/c1-8(13(19)20)7-18(3)14(21)17-9(2)11-6-10(15)4-5-12(11)16/h4-6,8-9H,7H2,1-3H3,(H,17,21)(H,19,20). The molecule has 0 spiro atoms. The van der Waals surface area contributed by atoms with Crippen molar-refractivity contribution in [2.24, 2.45) is 5.92 Å². The molecule has 21 heavy (non-hydrogen) atoms. The molecule has 0 radical (unpaired) electrons. The number of rotatable bonds is 5. The number of halogens is 2. The Morgan fingerprint density at radius 3 is 2.52 bits per heavy atom. The molecule has 2 amide bonds. The molecular formula is C14H18Cl2N2O3. The minimum Gasteiger partial charge on any atom is -0.481 e. The van der Waals surface area contributed by atoms with Gasteiger partial charge in [0.2, 0.25) is 0 Å². The van der Waals surface area contributed by atoms with Gasteiger partial charge in [0.1, 0.15) is 0 Å². The van der Waals surface area contributed by atoms with Crippen LogP contribution >= 0.6 is 23.2 Å². The molecule has 0 aromatic heterocycles. The third-order valence-electron chi connectivity index (χ3n) is 3.08. The van der Waals surface area contributed by atoms with E-state index in [-0.39, 0.29) is 18.6 Å². The number of carboxylic acids is 1. The summed E-state index contributed by atoms with van der Waals surface area (Å²) in [5.74, 6) is -1.58. The Morgan fingerprint density at radius 1 is 1.33 bits per heavy atom. The number of carbonyl (C=O) groups excluding carboxylic acids is 1. The number of amides is 2. The number of hydrogen-bond donors (Lipinski definition) is 2. The lowest BCUT2D eigenvalue weighted by molar-refractivity contribution is -0.141. The van der Waals surface area contributed by atoms with Gasteiger partial charge in [-0.25, -0.2) is 4.79 Å². The van der Waals surface area contributed by atoms with E-state index < -0.39 is 11.9 Å². The van der Waals surface area contributed by atoms with E-state index in [0.29, 0.717) is 15.6 Å². The van der Waals surface area contributed by atoms with E-state index in [1.807, 2.05) is 0 Å². The van der Waals surface area contributed by atoms with E-state index in [0.717, 1.165) is 0 Å². The molecular weight excluding hydrogens is 315 g/mol. The number of urea groups is 1. The Hall–Kier alpha value is -1.46. The highest BCUT2D eigenvalue weighted by atomic mass is 35.5. The van der Waals surface area contributed by atoms with Gasteiger partial charge in [0.05, 0.1) is 12.0 Å². The van der Waals surface area contributed by atoms with Gasteiger partial charge in [-0.15, -0.1) is 0 Å². The SMILES string of the molecule is CC(CN(C)C(=O)NC(C)c1cc(Cl)ccc1Cl)C(=O)O. The van der Waals surface area contributed by atoms with Crippen LogP contribution in [0.2, 0.25) is 10.0 Å². The minimum atomic E-state index is -0.944. The van der Waals surface area contributed by atoms with Gasteiger partial charge in [0, 0.05) is 23.6 Å². The molecule has 0 bridgehead atoms. The molecule has 0 aliphatic rings. The van der Waals surface area contributed by atoms with Crippen molar-refractivity contribution in [3.05, 3.63) is 33.8 Å². The summed E-state index contributed by atoms with van der Waals surface area (Å²) in [7, 11) is 1.54. The van der Waals surface area contributed by atoms with E-state index in [1.54, 1.807) is 39.1 Å². The molecule has 5 nitrogen and oxygen atoms in total. The number of carboxylic acid groups (broad SMARTS) is 1. The fraction of sp³-hybridized carbons (Fsp3) is 0.429.